The summed E-state index contributed by atoms with van der Waals surface area (Å²) in [7, 11) is 0. The van der Waals surface area contributed by atoms with E-state index in [1.54, 1.807) is 0 Å². The molecule has 0 aliphatic carbocycles. The lowest BCUT2D eigenvalue weighted by molar-refractivity contribution is 1.07. The molecule has 0 heterocycles. The van der Waals surface area contributed by atoms with Gasteiger partial charge >= 0.3 is 0 Å². The minimum Gasteiger partial charge on any atom is -0.0707 e. The summed E-state index contributed by atoms with van der Waals surface area (Å²) in [5.41, 5.74) is 5.47. The van der Waals surface area contributed by atoms with Gasteiger partial charge in [0.15, 0.2) is 0 Å². The first-order valence-electron chi connectivity index (χ1n) is 5.55. The normalized spacial score (nSPS) is 13.1. The molecule has 0 fully saturated rings. The topological polar surface area (TPSA) is 0 Å². The van der Waals surface area contributed by atoms with Crippen molar-refractivity contribution in [2.24, 2.45) is 0 Å². The molecule has 0 bridgehead atoms. The lowest BCUT2D eigenvalue weighted by Gasteiger charge is -2.01. The van der Waals surface area contributed by atoms with E-state index in [2.05, 4.69) is 64.1 Å². The fraction of sp³-hybridized carbons (Fsp3) is 0.333. The summed E-state index contributed by atoms with van der Waals surface area (Å²) in [6, 6.07) is 8.46. The first-order chi connectivity index (χ1) is 7.15. The third kappa shape index (κ3) is 3.39. The molecule has 0 saturated heterocycles. The maximum atomic E-state index is 2.21. The Morgan fingerprint density at radius 3 is 2.47 bits per heavy atom. The maximum absolute atomic E-state index is 2.21. The summed E-state index contributed by atoms with van der Waals surface area (Å²) in [4.78, 5) is 0. The van der Waals surface area contributed by atoms with Crippen LogP contribution in [0.25, 0.3) is 6.08 Å². The van der Waals surface area contributed by atoms with E-state index in [0.717, 1.165) is 6.42 Å². The molecule has 0 aliphatic heterocycles. The smallest absolute Gasteiger partial charge is 0.0227 e. The Balaban J connectivity index is 2.88. The number of rotatable bonds is 3. The summed E-state index contributed by atoms with van der Waals surface area (Å²) in [5, 5.41) is 0. The monoisotopic (exact) mass is 200 g/mol. The van der Waals surface area contributed by atoms with Gasteiger partial charge in [-0.1, -0.05) is 54.5 Å². The fourth-order valence-corrected chi connectivity index (χ4v) is 1.41. The van der Waals surface area contributed by atoms with E-state index in [0.29, 0.717) is 0 Å². The van der Waals surface area contributed by atoms with Crippen LogP contribution in [0, 0.1) is 6.92 Å². The van der Waals surface area contributed by atoms with Crippen molar-refractivity contribution >= 4 is 6.08 Å². The molecule has 0 N–H and O–H groups in total. The first kappa shape index (κ1) is 11.8. The van der Waals surface area contributed by atoms with Crippen molar-refractivity contribution < 1.29 is 0 Å². The van der Waals surface area contributed by atoms with Gasteiger partial charge in [0.25, 0.3) is 0 Å². The molecule has 0 spiro atoms. The van der Waals surface area contributed by atoms with E-state index in [1.165, 1.54) is 22.3 Å². The molecule has 15 heavy (non-hydrogen) atoms. The summed E-state index contributed by atoms with van der Waals surface area (Å²) in [6.07, 6.45) is 5.54. The van der Waals surface area contributed by atoms with Crippen molar-refractivity contribution in [2.75, 3.05) is 0 Å². The van der Waals surface area contributed by atoms with Gasteiger partial charge in [-0.3, -0.25) is 0 Å². The summed E-state index contributed by atoms with van der Waals surface area (Å²) in [5.74, 6) is 0. The van der Waals surface area contributed by atoms with Crippen LogP contribution in [0.3, 0.4) is 0 Å². The number of hydrogen-bond donors (Lipinski definition) is 0. The third-order valence-corrected chi connectivity index (χ3v) is 2.90. The fourth-order valence-electron chi connectivity index (χ4n) is 1.41. The zero-order valence-electron chi connectivity index (χ0n) is 10.2. The number of aryl methyl sites for hydroxylation is 1. The van der Waals surface area contributed by atoms with Crippen LogP contribution < -0.4 is 0 Å². The SMILES string of the molecule is CCC(C)=C(C)/C=C\c1ccccc1C. The minimum absolute atomic E-state index is 1.13. The predicted octanol–water partition coefficient (Wildman–Crippen LogP) is 4.75. The highest BCUT2D eigenvalue weighted by molar-refractivity contribution is 5.56. The highest BCUT2D eigenvalue weighted by atomic mass is 14.0. The molecular weight excluding hydrogens is 180 g/mol. The standard InChI is InChI=1S/C15H20/c1-5-12(2)13(3)10-11-15-9-7-6-8-14(15)4/h6-11H,5H2,1-4H3/b11-10-,13-12?. The van der Waals surface area contributed by atoms with Gasteiger partial charge in [0.2, 0.25) is 0 Å². The lowest BCUT2D eigenvalue weighted by atomic mass is 10.0. The van der Waals surface area contributed by atoms with Crippen molar-refractivity contribution in [2.45, 2.75) is 34.1 Å². The van der Waals surface area contributed by atoms with Crippen LogP contribution in [0.15, 0.2) is 41.5 Å². The molecule has 0 atom stereocenters. The van der Waals surface area contributed by atoms with E-state index < -0.39 is 0 Å². The van der Waals surface area contributed by atoms with Crippen LogP contribution in [-0.2, 0) is 0 Å². The van der Waals surface area contributed by atoms with Crippen LogP contribution in [0.5, 0.6) is 0 Å². The maximum Gasteiger partial charge on any atom is -0.0227 e. The Hall–Kier alpha value is -1.30. The molecule has 0 saturated carbocycles. The van der Waals surface area contributed by atoms with Gasteiger partial charge in [-0.2, -0.15) is 0 Å². The summed E-state index contributed by atoms with van der Waals surface area (Å²) < 4.78 is 0. The molecule has 0 radical (unpaired) electrons. The van der Waals surface area contributed by atoms with E-state index in [9.17, 15) is 0 Å². The van der Waals surface area contributed by atoms with Crippen LogP contribution in [-0.4, -0.2) is 0 Å². The van der Waals surface area contributed by atoms with Crippen LogP contribution >= 0.6 is 0 Å². The molecule has 1 aromatic carbocycles. The zero-order valence-corrected chi connectivity index (χ0v) is 10.2. The van der Waals surface area contributed by atoms with Gasteiger partial charge in [-0.25, -0.2) is 0 Å². The second kappa shape index (κ2) is 5.55. The van der Waals surface area contributed by atoms with Crippen molar-refractivity contribution in [1.82, 2.24) is 0 Å². The van der Waals surface area contributed by atoms with Crippen molar-refractivity contribution in [3.8, 4) is 0 Å². The number of allylic oxidation sites excluding steroid dienone is 3. The molecule has 0 heteroatoms. The largest absolute Gasteiger partial charge is 0.0707 e. The summed E-state index contributed by atoms with van der Waals surface area (Å²) in [6.45, 7) is 8.71. The quantitative estimate of drug-likeness (QED) is 0.617. The molecule has 0 amide bonds. The number of benzene rings is 1. The van der Waals surface area contributed by atoms with Crippen molar-refractivity contribution in [1.29, 1.82) is 0 Å². The van der Waals surface area contributed by atoms with Crippen LogP contribution in [0.4, 0.5) is 0 Å². The Morgan fingerprint density at radius 1 is 1.20 bits per heavy atom. The van der Waals surface area contributed by atoms with E-state index >= 15 is 0 Å². The Morgan fingerprint density at radius 2 is 1.87 bits per heavy atom. The second-order valence-corrected chi connectivity index (χ2v) is 4.01. The molecule has 0 aromatic heterocycles. The molecule has 0 nitrogen and oxygen atoms in total. The van der Waals surface area contributed by atoms with Gasteiger partial charge in [-0.05, 0) is 38.3 Å². The van der Waals surface area contributed by atoms with Gasteiger partial charge in [0.05, 0.1) is 0 Å². The van der Waals surface area contributed by atoms with Gasteiger partial charge in [0, 0.05) is 0 Å². The molecule has 1 aromatic rings. The van der Waals surface area contributed by atoms with Gasteiger partial charge in [0.1, 0.15) is 0 Å². The molecule has 0 aliphatic rings. The van der Waals surface area contributed by atoms with Crippen molar-refractivity contribution in [3.63, 3.8) is 0 Å². The average Bonchev–Trinajstić information content (AvgIpc) is 2.26. The summed E-state index contributed by atoms with van der Waals surface area (Å²) >= 11 is 0. The second-order valence-electron chi connectivity index (χ2n) is 4.01. The highest BCUT2D eigenvalue weighted by Crippen LogP contribution is 2.13. The molecule has 1 rings (SSSR count). The van der Waals surface area contributed by atoms with Crippen LogP contribution in [0.2, 0.25) is 0 Å². The Kier molecular flexibility index (Phi) is 4.36. The zero-order chi connectivity index (χ0) is 11.3. The van der Waals surface area contributed by atoms with Crippen LogP contribution in [0.1, 0.15) is 38.3 Å². The van der Waals surface area contributed by atoms with E-state index in [4.69, 9.17) is 0 Å². The highest BCUT2D eigenvalue weighted by Gasteiger charge is 1.92. The lowest BCUT2D eigenvalue weighted by Crippen LogP contribution is -1.80. The van der Waals surface area contributed by atoms with Gasteiger partial charge in [-0.15, -0.1) is 0 Å². The predicted molar refractivity (Wildman–Crippen MR) is 68.9 cm³/mol. The Labute approximate surface area is 93.3 Å². The van der Waals surface area contributed by atoms with Gasteiger partial charge < -0.3 is 0 Å². The molecular formula is C15H20. The van der Waals surface area contributed by atoms with E-state index in [1.807, 2.05) is 0 Å². The first-order valence-corrected chi connectivity index (χ1v) is 5.55. The average molecular weight is 200 g/mol. The number of hydrogen-bond acceptors (Lipinski definition) is 0. The van der Waals surface area contributed by atoms with Crippen molar-refractivity contribution in [3.05, 3.63) is 52.6 Å². The van der Waals surface area contributed by atoms with E-state index in [-0.39, 0.29) is 0 Å². The Bertz CT molecular complexity index is 381. The third-order valence-electron chi connectivity index (χ3n) is 2.90. The molecule has 80 valence electrons. The molecule has 0 unspecified atom stereocenters. The minimum atomic E-state index is 1.13.